The van der Waals surface area contributed by atoms with E-state index in [4.69, 9.17) is 18.9 Å². The van der Waals surface area contributed by atoms with Crippen molar-refractivity contribution in [3.8, 4) is 0 Å². The summed E-state index contributed by atoms with van der Waals surface area (Å²) in [6, 6.07) is 0. The molecule has 0 amide bonds. The second-order valence-electron chi connectivity index (χ2n) is 20.0. The van der Waals surface area contributed by atoms with Crippen LogP contribution in [0, 0.1) is 45.3 Å². The van der Waals surface area contributed by atoms with E-state index in [1.54, 1.807) is 13.8 Å². The van der Waals surface area contributed by atoms with Crippen LogP contribution >= 0.6 is 0 Å². The van der Waals surface area contributed by atoms with E-state index in [1.807, 2.05) is 0 Å². The van der Waals surface area contributed by atoms with E-state index in [9.17, 15) is 50.8 Å². The van der Waals surface area contributed by atoms with Gasteiger partial charge in [-0.05, 0) is 93.3 Å². The summed E-state index contributed by atoms with van der Waals surface area (Å²) in [7, 11) is 0. The summed E-state index contributed by atoms with van der Waals surface area (Å²) < 4.78 is 23.8. The molecule has 2 saturated heterocycles. The van der Waals surface area contributed by atoms with Crippen molar-refractivity contribution >= 4 is 5.78 Å². The smallest absolute Gasteiger partial charge is 0.187 e. The third kappa shape index (κ3) is 7.07. The van der Waals surface area contributed by atoms with Crippen molar-refractivity contribution in [1.82, 2.24) is 0 Å². The highest BCUT2D eigenvalue weighted by atomic mass is 16.7. The van der Waals surface area contributed by atoms with Gasteiger partial charge in [-0.15, -0.1) is 0 Å². The standard InChI is InChI=1S/C42H70O14/c1-20(9-13-29(39(4,5)52)56-37-35(51)33(49)31(47)25(19-44)54-37)21-15-16-40(6)26-12-10-22-23(42(26,8)27(45)17-41(21,40)7)11-14-28(38(22,2)3)55-36-34(50)32(48)30(46)24(18-43)53-36/h10,20-21,23-26,28-37,43-44,46-52H,9,11-19H2,1-8H3/t20-,21-,23-,24-,25-,26+,28+,29-,30-,31-,32+,33+,34-,35-,36+,37+,40+,41-,42+/m1/s1. The number of rotatable bonds is 11. The van der Waals surface area contributed by atoms with Gasteiger partial charge in [0.25, 0.3) is 0 Å². The SMILES string of the molecule is C[C@H](CC[C@@H](O[C@@H]1O[C@H](CO)[C@@H](O)[C@H](O)[C@H]1O)C(C)(C)O)[C@H]1CC[C@@]2(C)[C@@H]3CC=C4[C@@H](CC[C@H](O[C@@H]5O[C@H](CO)[C@@H](O)[C@H](O)[C@H]5O)C4(C)C)[C@]3(C)C(=O)C[C@]12C. The van der Waals surface area contributed by atoms with Gasteiger partial charge in [-0.1, -0.05) is 53.2 Å². The van der Waals surface area contributed by atoms with Crippen LogP contribution < -0.4 is 0 Å². The van der Waals surface area contributed by atoms with Crippen LogP contribution in [-0.4, -0.2) is 144 Å². The topological polar surface area (TPSA) is 236 Å². The number of Topliss-reactive ketones (excluding diaryl/α,β-unsaturated/α-hetero) is 1. The average Bonchev–Trinajstić information content (AvgIpc) is 3.40. The van der Waals surface area contributed by atoms with E-state index in [0.717, 1.165) is 24.8 Å². The zero-order valence-corrected chi connectivity index (χ0v) is 34.5. The molecule has 14 heteroatoms. The zero-order valence-electron chi connectivity index (χ0n) is 34.5. The monoisotopic (exact) mass is 798 g/mol. The van der Waals surface area contributed by atoms with Crippen molar-refractivity contribution in [3.05, 3.63) is 11.6 Å². The average molecular weight is 799 g/mol. The molecule has 14 nitrogen and oxygen atoms in total. The van der Waals surface area contributed by atoms with Gasteiger partial charge in [-0.2, -0.15) is 0 Å². The predicted molar refractivity (Wildman–Crippen MR) is 201 cm³/mol. The van der Waals surface area contributed by atoms with Crippen molar-refractivity contribution in [2.45, 2.75) is 186 Å². The van der Waals surface area contributed by atoms with Crippen LogP contribution in [0.4, 0.5) is 0 Å². The lowest BCUT2D eigenvalue weighted by molar-refractivity contribution is -0.322. The number of ether oxygens (including phenoxy) is 4. The Labute approximate surface area is 331 Å². The summed E-state index contributed by atoms with van der Waals surface area (Å²) in [5.41, 5.74) is -1.70. The minimum atomic E-state index is -1.59. The van der Waals surface area contributed by atoms with Crippen molar-refractivity contribution in [3.63, 3.8) is 0 Å². The molecule has 0 aromatic rings. The molecule has 0 unspecified atom stereocenters. The Kier molecular flexibility index (Phi) is 12.5. The third-order valence-electron chi connectivity index (χ3n) is 16.3. The lowest BCUT2D eigenvalue weighted by Crippen LogP contribution is -2.64. The molecule has 5 fully saturated rings. The van der Waals surface area contributed by atoms with Crippen LogP contribution in [0.1, 0.15) is 107 Å². The number of carbonyl (C=O) groups is 1. The fourth-order valence-electron chi connectivity index (χ4n) is 12.5. The molecular weight excluding hydrogens is 728 g/mol. The first-order valence-corrected chi connectivity index (χ1v) is 20.9. The maximum atomic E-state index is 14.9. The number of hydrogen-bond donors (Lipinski definition) is 9. The van der Waals surface area contributed by atoms with Gasteiger partial charge < -0.3 is 64.9 Å². The van der Waals surface area contributed by atoms with Crippen LogP contribution in [0.2, 0.25) is 0 Å². The molecule has 0 bridgehead atoms. The molecule has 0 spiro atoms. The van der Waals surface area contributed by atoms with Crippen LogP contribution in [0.25, 0.3) is 0 Å². The van der Waals surface area contributed by atoms with Crippen LogP contribution in [0.5, 0.6) is 0 Å². The summed E-state index contributed by atoms with van der Waals surface area (Å²) >= 11 is 0. The number of hydrogen-bond acceptors (Lipinski definition) is 14. The summed E-state index contributed by atoms with van der Waals surface area (Å²) in [5.74, 6) is 0.778. The van der Waals surface area contributed by atoms with Crippen LogP contribution in [-0.2, 0) is 23.7 Å². The summed E-state index contributed by atoms with van der Waals surface area (Å²) in [5, 5.41) is 93.1. The van der Waals surface area contributed by atoms with Gasteiger partial charge in [0.1, 0.15) is 54.6 Å². The Bertz CT molecular complexity index is 1440. The zero-order chi connectivity index (χ0) is 41.5. The van der Waals surface area contributed by atoms with E-state index in [1.165, 1.54) is 0 Å². The van der Waals surface area contributed by atoms with Crippen LogP contribution in [0.15, 0.2) is 11.6 Å². The highest BCUT2D eigenvalue weighted by molar-refractivity contribution is 5.88. The van der Waals surface area contributed by atoms with Gasteiger partial charge in [0.2, 0.25) is 0 Å². The third-order valence-corrected chi connectivity index (χ3v) is 16.3. The largest absolute Gasteiger partial charge is 0.394 e. The molecule has 322 valence electrons. The number of allylic oxidation sites excluding steroid dienone is 1. The Hall–Kier alpha value is -1.11. The minimum absolute atomic E-state index is 0.00311. The summed E-state index contributed by atoms with van der Waals surface area (Å²) in [6.07, 6.45) is -7.32. The Balaban J connectivity index is 1.17. The fraction of sp³-hybridized carbons (Fsp3) is 0.929. The molecule has 6 aliphatic rings. The summed E-state index contributed by atoms with van der Waals surface area (Å²) in [6.45, 7) is 15.4. The Morgan fingerprint density at radius 2 is 1.38 bits per heavy atom. The number of aliphatic hydroxyl groups is 9. The van der Waals surface area contributed by atoms with Crippen molar-refractivity contribution in [2.75, 3.05) is 13.2 Å². The van der Waals surface area contributed by atoms with Crippen molar-refractivity contribution < 1.29 is 69.7 Å². The second kappa shape index (κ2) is 15.7. The first kappa shape index (κ1) is 44.4. The molecular formula is C42H70O14. The maximum Gasteiger partial charge on any atom is 0.187 e. The number of fused-ring (bicyclic) bond motifs is 5. The number of ketones is 1. The van der Waals surface area contributed by atoms with E-state index < -0.39 is 103 Å². The molecule has 0 radical (unpaired) electrons. The molecule has 2 aliphatic heterocycles. The normalized spacial score (nSPS) is 49.0. The maximum absolute atomic E-state index is 14.9. The molecule has 0 aromatic carbocycles. The van der Waals surface area contributed by atoms with Gasteiger partial charge in [-0.25, -0.2) is 0 Å². The van der Waals surface area contributed by atoms with Crippen molar-refractivity contribution in [2.24, 2.45) is 45.3 Å². The van der Waals surface area contributed by atoms with Crippen LogP contribution in [0.3, 0.4) is 0 Å². The molecule has 2 heterocycles. The van der Waals surface area contributed by atoms with Gasteiger partial charge in [0.15, 0.2) is 12.6 Å². The van der Waals surface area contributed by atoms with Crippen molar-refractivity contribution in [1.29, 1.82) is 0 Å². The van der Waals surface area contributed by atoms with Gasteiger partial charge in [0.05, 0.1) is 31.0 Å². The molecule has 3 saturated carbocycles. The predicted octanol–water partition coefficient (Wildman–Crippen LogP) is 1.33. The fourth-order valence-corrected chi connectivity index (χ4v) is 12.5. The molecule has 4 aliphatic carbocycles. The number of carbonyl (C=O) groups excluding carboxylic acids is 1. The van der Waals surface area contributed by atoms with Gasteiger partial charge in [-0.3, -0.25) is 4.79 Å². The minimum Gasteiger partial charge on any atom is -0.394 e. The Morgan fingerprint density at radius 1 is 0.804 bits per heavy atom. The second-order valence-corrected chi connectivity index (χ2v) is 20.0. The van der Waals surface area contributed by atoms with E-state index in [0.29, 0.717) is 32.1 Å². The summed E-state index contributed by atoms with van der Waals surface area (Å²) in [4.78, 5) is 14.9. The molecule has 56 heavy (non-hydrogen) atoms. The highest BCUT2D eigenvalue weighted by Crippen LogP contribution is 2.74. The first-order valence-electron chi connectivity index (χ1n) is 20.9. The van der Waals surface area contributed by atoms with Gasteiger partial charge >= 0.3 is 0 Å². The lowest BCUT2D eigenvalue weighted by atomic mass is 9.38. The number of aliphatic hydroxyl groups excluding tert-OH is 8. The van der Waals surface area contributed by atoms with Gasteiger partial charge in [0, 0.05) is 17.3 Å². The molecule has 9 N–H and O–H groups in total. The van der Waals surface area contributed by atoms with E-state index in [2.05, 4.69) is 47.6 Å². The Morgan fingerprint density at radius 3 is 1.95 bits per heavy atom. The van der Waals surface area contributed by atoms with E-state index in [-0.39, 0.29) is 40.3 Å². The van der Waals surface area contributed by atoms with E-state index >= 15 is 0 Å². The highest BCUT2D eigenvalue weighted by Gasteiger charge is 2.70. The quantitative estimate of drug-likeness (QED) is 0.134. The molecule has 0 aromatic heterocycles. The lowest BCUT2D eigenvalue weighted by Gasteiger charge is -2.65. The first-order chi connectivity index (χ1) is 26.0. The molecule has 6 rings (SSSR count). The molecule has 19 atom stereocenters.